The molecule has 1 saturated heterocycles. The Balaban J connectivity index is 2.14. The molecule has 1 fully saturated rings. The molecule has 2 unspecified atom stereocenters. The van der Waals surface area contributed by atoms with Gasteiger partial charge >= 0.3 is 0 Å². The van der Waals surface area contributed by atoms with Crippen LogP contribution in [0.3, 0.4) is 0 Å². The maximum Gasteiger partial charge on any atom is 0.195 e. The van der Waals surface area contributed by atoms with Crippen LogP contribution in [0.25, 0.3) is 15.6 Å². The predicted octanol–water partition coefficient (Wildman–Crippen LogP) is 4.13. The summed E-state index contributed by atoms with van der Waals surface area (Å²) in [5.74, 6) is 0. The van der Waals surface area contributed by atoms with Gasteiger partial charge in [-0.1, -0.05) is 30.3 Å². The third kappa shape index (κ3) is 2.36. The van der Waals surface area contributed by atoms with Gasteiger partial charge in [0.05, 0.1) is 6.57 Å². The SMILES string of the molecule is [C-]#[N+]c1ccc(N2C(C)CCC2CCO)c2ccccc12. The van der Waals surface area contributed by atoms with Gasteiger partial charge < -0.3 is 10.0 Å². The van der Waals surface area contributed by atoms with Crippen molar-refractivity contribution in [1.82, 2.24) is 0 Å². The summed E-state index contributed by atoms with van der Waals surface area (Å²) in [4.78, 5) is 6.07. The highest BCUT2D eigenvalue weighted by atomic mass is 16.3. The number of aliphatic hydroxyl groups excluding tert-OH is 1. The van der Waals surface area contributed by atoms with E-state index >= 15 is 0 Å². The molecule has 2 aromatic carbocycles. The molecule has 1 N–H and O–H groups in total. The molecule has 1 heterocycles. The first-order valence-electron chi connectivity index (χ1n) is 7.54. The van der Waals surface area contributed by atoms with E-state index in [1.54, 1.807) is 0 Å². The Morgan fingerprint density at radius 1 is 1.19 bits per heavy atom. The van der Waals surface area contributed by atoms with Crippen molar-refractivity contribution in [2.24, 2.45) is 0 Å². The molecule has 21 heavy (non-hydrogen) atoms. The van der Waals surface area contributed by atoms with Crippen LogP contribution < -0.4 is 4.90 Å². The smallest absolute Gasteiger partial charge is 0.195 e. The summed E-state index contributed by atoms with van der Waals surface area (Å²) in [6.07, 6.45) is 3.09. The fourth-order valence-electron chi connectivity index (χ4n) is 3.53. The van der Waals surface area contributed by atoms with Gasteiger partial charge in [-0.3, -0.25) is 0 Å². The largest absolute Gasteiger partial charge is 0.396 e. The van der Waals surface area contributed by atoms with Gasteiger partial charge in [-0.05, 0) is 43.0 Å². The van der Waals surface area contributed by atoms with Crippen LogP contribution in [-0.4, -0.2) is 23.8 Å². The first kappa shape index (κ1) is 13.9. The zero-order valence-corrected chi connectivity index (χ0v) is 12.3. The van der Waals surface area contributed by atoms with Crippen LogP contribution >= 0.6 is 0 Å². The van der Waals surface area contributed by atoms with Crippen LogP contribution in [0.4, 0.5) is 11.4 Å². The lowest BCUT2D eigenvalue weighted by atomic mass is 10.0. The quantitative estimate of drug-likeness (QED) is 0.856. The van der Waals surface area contributed by atoms with E-state index in [-0.39, 0.29) is 6.61 Å². The van der Waals surface area contributed by atoms with E-state index in [9.17, 15) is 5.11 Å². The molecule has 3 nitrogen and oxygen atoms in total. The standard InChI is InChI=1S/C18H20N2O/c1-13-7-8-14(11-12-21)20(13)18-10-9-17(19-2)15-5-3-4-6-16(15)18/h3-6,9-10,13-14,21H,7-8,11-12H2,1H3. The minimum Gasteiger partial charge on any atom is -0.396 e. The zero-order chi connectivity index (χ0) is 14.8. The van der Waals surface area contributed by atoms with E-state index in [2.05, 4.69) is 28.8 Å². The van der Waals surface area contributed by atoms with E-state index in [4.69, 9.17) is 6.57 Å². The van der Waals surface area contributed by atoms with Gasteiger partial charge in [-0.25, -0.2) is 4.85 Å². The molecule has 2 atom stereocenters. The fourth-order valence-corrected chi connectivity index (χ4v) is 3.53. The monoisotopic (exact) mass is 280 g/mol. The Morgan fingerprint density at radius 3 is 2.67 bits per heavy atom. The van der Waals surface area contributed by atoms with Crippen molar-refractivity contribution in [1.29, 1.82) is 0 Å². The van der Waals surface area contributed by atoms with Crippen LogP contribution in [0.5, 0.6) is 0 Å². The van der Waals surface area contributed by atoms with Crippen LogP contribution in [0.15, 0.2) is 36.4 Å². The number of benzene rings is 2. The van der Waals surface area contributed by atoms with E-state index in [1.165, 1.54) is 5.69 Å². The number of nitrogens with zero attached hydrogens (tertiary/aromatic N) is 2. The van der Waals surface area contributed by atoms with Gasteiger partial charge in [0.15, 0.2) is 5.69 Å². The maximum absolute atomic E-state index is 9.31. The molecule has 3 heteroatoms. The van der Waals surface area contributed by atoms with E-state index < -0.39 is 0 Å². The van der Waals surface area contributed by atoms with E-state index in [0.29, 0.717) is 17.8 Å². The highest BCUT2D eigenvalue weighted by molar-refractivity contribution is 6.02. The van der Waals surface area contributed by atoms with Gasteiger partial charge in [0.1, 0.15) is 0 Å². The second-order valence-electron chi connectivity index (χ2n) is 5.76. The summed E-state index contributed by atoms with van der Waals surface area (Å²) in [6.45, 7) is 9.80. The Hall–Kier alpha value is -2.05. The second-order valence-corrected chi connectivity index (χ2v) is 5.76. The fraction of sp³-hybridized carbons (Fsp3) is 0.389. The molecule has 2 aromatic rings. The van der Waals surface area contributed by atoms with E-state index in [1.807, 2.05) is 24.3 Å². The zero-order valence-electron chi connectivity index (χ0n) is 12.3. The van der Waals surface area contributed by atoms with Crippen LogP contribution in [-0.2, 0) is 0 Å². The average Bonchev–Trinajstić information content (AvgIpc) is 2.87. The van der Waals surface area contributed by atoms with Gasteiger partial charge in [0.25, 0.3) is 0 Å². The number of aliphatic hydroxyl groups is 1. The predicted molar refractivity (Wildman–Crippen MR) is 86.9 cm³/mol. The first-order chi connectivity index (χ1) is 10.3. The van der Waals surface area contributed by atoms with Crippen molar-refractivity contribution in [2.45, 2.75) is 38.3 Å². The van der Waals surface area contributed by atoms with Gasteiger partial charge in [-0.15, -0.1) is 0 Å². The molecular formula is C18H20N2O. The summed E-state index contributed by atoms with van der Waals surface area (Å²) in [5.41, 5.74) is 1.90. The topological polar surface area (TPSA) is 27.8 Å². The minimum absolute atomic E-state index is 0.228. The summed E-state index contributed by atoms with van der Waals surface area (Å²) in [5, 5.41) is 11.5. The number of hydrogen-bond donors (Lipinski definition) is 1. The number of hydrogen-bond acceptors (Lipinski definition) is 2. The summed E-state index contributed by atoms with van der Waals surface area (Å²) in [6, 6.07) is 13.0. The summed E-state index contributed by atoms with van der Waals surface area (Å²) >= 11 is 0. The maximum atomic E-state index is 9.31. The Morgan fingerprint density at radius 2 is 1.95 bits per heavy atom. The van der Waals surface area contributed by atoms with Crippen molar-refractivity contribution in [2.75, 3.05) is 11.5 Å². The van der Waals surface area contributed by atoms with Crippen LogP contribution in [0.2, 0.25) is 0 Å². The van der Waals surface area contributed by atoms with Crippen molar-refractivity contribution in [3.63, 3.8) is 0 Å². The lowest BCUT2D eigenvalue weighted by molar-refractivity contribution is 0.275. The number of anilines is 1. The molecule has 108 valence electrons. The molecule has 0 aliphatic carbocycles. The molecule has 0 aromatic heterocycles. The summed E-state index contributed by atoms with van der Waals surface area (Å²) < 4.78 is 0. The first-order valence-corrected chi connectivity index (χ1v) is 7.54. The normalized spacial score (nSPS) is 21.7. The molecule has 0 saturated carbocycles. The Labute approximate surface area is 125 Å². The molecule has 1 aliphatic heterocycles. The molecule has 0 bridgehead atoms. The third-order valence-corrected chi connectivity index (χ3v) is 4.52. The van der Waals surface area contributed by atoms with Crippen molar-refractivity contribution >= 4 is 22.1 Å². The van der Waals surface area contributed by atoms with Crippen LogP contribution in [0, 0.1) is 6.57 Å². The van der Waals surface area contributed by atoms with Crippen molar-refractivity contribution in [3.8, 4) is 0 Å². The Kier molecular flexibility index (Phi) is 3.81. The molecule has 0 spiro atoms. The van der Waals surface area contributed by atoms with Crippen LogP contribution in [0.1, 0.15) is 26.2 Å². The Bertz CT molecular complexity index is 687. The van der Waals surface area contributed by atoms with Crippen molar-refractivity contribution in [3.05, 3.63) is 47.8 Å². The summed E-state index contributed by atoms with van der Waals surface area (Å²) in [7, 11) is 0. The highest BCUT2D eigenvalue weighted by Gasteiger charge is 2.31. The number of fused-ring (bicyclic) bond motifs is 1. The highest BCUT2D eigenvalue weighted by Crippen LogP contribution is 2.39. The van der Waals surface area contributed by atoms with E-state index in [0.717, 1.165) is 30.0 Å². The van der Waals surface area contributed by atoms with Crippen molar-refractivity contribution < 1.29 is 5.11 Å². The lowest BCUT2D eigenvalue weighted by Crippen LogP contribution is -2.35. The molecule has 3 rings (SSSR count). The van der Waals surface area contributed by atoms with Gasteiger partial charge in [0, 0.05) is 24.4 Å². The number of rotatable bonds is 3. The van der Waals surface area contributed by atoms with Gasteiger partial charge in [-0.2, -0.15) is 0 Å². The second kappa shape index (κ2) is 5.75. The average molecular weight is 280 g/mol. The molecular weight excluding hydrogens is 260 g/mol. The van der Waals surface area contributed by atoms with Gasteiger partial charge in [0.2, 0.25) is 0 Å². The molecule has 0 radical (unpaired) electrons. The molecule has 1 aliphatic rings. The third-order valence-electron chi connectivity index (χ3n) is 4.52. The lowest BCUT2D eigenvalue weighted by Gasteiger charge is -2.32. The molecule has 0 amide bonds. The minimum atomic E-state index is 0.228.